The highest BCUT2D eigenvalue weighted by Crippen LogP contribution is 2.13. The Morgan fingerprint density at radius 2 is 1.79 bits per heavy atom. The smallest absolute Gasteiger partial charge is 0.0995 e. The van der Waals surface area contributed by atoms with Gasteiger partial charge in [-0.2, -0.15) is 0 Å². The molecule has 0 amide bonds. The molecule has 0 aliphatic heterocycles. The summed E-state index contributed by atoms with van der Waals surface area (Å²) >= 11 is 0. The molecule has 0 atom stereocenters. The van der Waals surface area contributed by atoms with Gasteiger partial charge in [-0.05, 0) is 5.56 Å². The lowest BCUT2D eigenvalue weighted by molar-refractivity contribution is 0.581. The molecule has 0 heterocycles. The lowest BCUT2D eigenvalue weighted by Crippen LogP contribution is -2.28. The Morgan fingerprint density at radius 3 is 2.29 bits per heavy atom. The van der Waals surface area contributed by atoms with Crippen molar-refractivity contribution in [1.29, 1.82) is 0 Å². The second-order valence-corrected chi connectivity index (χ2v) is 4.44. The van der Waals surface area contributed by atoms with Crippen molar-refractivity contribution in [2.24, 2.45) is 16.1 Å². The number of nitrogens with two attached hydrogens (primary N) is 1. The second kappa shape index (κ2) is 4.27. The van der Waals surface area contributed by atoms with E-state index in [9.17, 15) is 0 Å². The molecule has 0 radical (unpaired) electrons. The highest BCUT2D eigenvalue weighted by atomic mass is 14.9. The van der Waals surface area contributed by atoms with E-state index in [1.54, 1.807) is 0 Å². The van der Waals surface area contributed by atoms with Gasteiger partial charge in [0.2, 0.25) is 0 Å². The van der Waals surface area contributed by atoms with Gasteiger partial charge < -0.3 is 5.73 Å². The van der Waals surface area contributed by atoms with E-state index in [0.29, 0.717) is 12.4 Å². The zero-order valence-electron chi connectivity index (χ0n) is 9.12. The van der Waals surface area contributed by atoms with Crippen LogP contribution in [-0.4, -0.2) is 5.84 Å². The van der Waals surface area contributed by atoms with Gasteiger partial charge >= 0.3 is 0 Å². The third-order valence-electron chi connectivity index (χ3n) is 2.04. The van der Waals surface area contributed by atoms with Crippen LogP contribution in [0.15, 0.2) is 35.3 Å². The fourth-order valence-corrected chi connectivity index (χ4v) is 0.997. The molecule has 14 heavy (non-hydrogen) atoms. The first kappa shape index (κ1) is 10.8. The summed E-state index contributed by atoms with van der Waals surface area (Å²) in [5, 5.41) is 0. The largest absolute Gasteiger partial charge is 0.387 e. The van der Waals surface area contributed by atoms with E-state index < -0.39 is 0 Å². The average Bonchev–Trinajstić information content (AvgIpc) is 2.14. The van der Waals surface area contributed by atoms with Crippen LogP contribution in [0.4, 0.5) is 0 Å². The molecular weight excluding hydrogens is 172 g/mol. The highest BCUT2D eigenvalue weighted by molar-refractivity contribution is 5.85. The Kier molecular flexibility index (Phi) is 3.28. The topological polar surface area (TPSA) is 38.4 Å². The van der Waals surface area contributed by atoms with E-state index in [1.165, 1.54) is 5.56 Å². The third kappa shape index (κ3) is 3.21. The number of benzene rings is 1. The Hall–Kier alpha value is -1.31. The molecule has 2 N–H and O–H groups in total. The zero-order valence-corrected chi connectivity index (χ0v) is 9.12. The first-order valence-electron chi connectivity index (χ1n) is 4.84. The van der Waals surface area contributed by atoms with E-state index >= 15 is 0 Å². The first-order chi connectivity index (χ1) is 6.50. The minimum Gasteiger partial charge on any atom is -0.387 e. The summed E-state index contributed by atoms with van der Waals surface area (Å²) in [6.07, 6.45) is 0. The fraction of sp³-hybridized carbons (Fsp3) is 0.417. The number of hydrogen-bond acceptors (Lipinski definition) is 1. The van der Waals surface area contributed by atoms with E-state index in [4.69, 9.17) is 5.73 Å². The van der Waals surface area contributed by atoms with Crippen molar-refractivity contribution >= 4 is 5.84 Å². The maximum atomic E-state index is 5.85. The molecule has 0 spiro atoms. The molecule has 2 heteroatoms. The van der Waals surface area contributed by atoms with Crippen molar-refractivity contribution in [3.05, 3.63) is 35.9 Å². The Balaban J connectivity index is 2.65. The van der Waals surface area contributed by atoms with E-state index in [0.717, 1.165) is 0 Å². The molecule has 0 bridgehead atoms. The molecule has 2 nitrogen and oxygen atoms in total. The minimum absolute atomic E-state index is 0.0330. The second-order valence-electron chi connectivity index (χ2n) is 4.44. The van der Waals surface area contributed by atoms with Crippen LogP contribution in [0.25, 0.3) is 0 Å². The summed E-state index contributed by atoms with van der Waals surface area (Å²) in [5.41, 5.74) is 7.01. The van der Waals surface area contributed by atoms with Gasteiger partial charge in [0, 0.05) is 5.41 Å². The van der Waals surface area contributed by atoms with Crippen LogP contribution < -0.4 is 5.73 Å². The molecule has 1 aromatic carbocycles. The van der Waals surface area contributed by atoms with Gasteiger partial charge in [0.25, 0.3) is 0 Å². The van der Waals surface area contributed by atoms with Gasteiger partial charge in [0.1, 0.15) is 0 Å². The number of aliphatic imine (C=N–C) groups is 1. The summed E-state index contributed by atoms with van der Waals surface area (Å²) in [6.45, 7) is 6.87. The molecule has 0 saturated carbocycles. The van der Waals surface area contributed by atoms with Crippen molar-refractivity contribution in [2.45, 2.75) is 27.3 Å². The van der Waals surface area contributed by atoms with Crippen molar-refractivity contribution in [3.8, 4) is 0 Å². The molecule has 1 aromatic rings. The minimum atomic E-state index is -0.0330. The predicted octanol–water partition coefficient (Wildman–Crippen LogP) is 2.59. The van der Waals surface area contributed by atoms with Crippen molar-refractivity contribution in [3.63, 3.8) is 0 Å². The molecule has 0 fully saturated rings. The van der Waals surface area contributed by atoms with Crippen LogP contribution in [0.1, 0.15) is 26.3 Å². The fourth-order valence-electron chi connectivity index (χ4n) is 0.997. The molecule has 1 rings (SSSR count). The van der Waals surface area contributed by atoms with Gasteiger partial charge in [-0.25, -0.2) is 0 Å². The van der Waals surface area contributed by atoms with Gasteiger partial charge in [0.05, 0.1) is 12.4 Å². The van der Waals surface area contributed by atoms with Crippen LogP contribution in [0.3, 0.4) is 0 Å². The van der Waals surface area contributed by atoms with Crippen molar-refractivity contribution in [1.82, 2.24) is 0 Å². The van der Waals surface area contributed by atoms with Gasteiger partial charge in [-0.1, -0.05) is 51.1 Å². The van der Waals surface area contributed by atoms with Crippen LogP contribution >= 0.6 is 0 Å². The maximum Gasteiger partial charge on any atom is 0.0995 e. The number of hydrogen-bond donors (Lipinski definition) is 1. The Bertz CT molecular complexity index is 307. The van der Waals surface area contributed by atoms with Crippen molar-refractivity contribution in [2.75, 3.05) is 0 Å². The van der Waals surface area contributed by atoms with Crippen LogP contribution in [0.5, 0.6) is 0 Å². The summed E-state index contributed by atoms with van der Waals surface area (Å²) in [5.74, 6) is 0.710. The highest BCUT2D eigenvalue weighted by Gasteiger charge is 2.14. The summed E-state index contributed by atoms with van der Waals surface area (Å²) in [6, 6.07) is 10.1. The van der Waals surface area contributed by atoms with Gasteiger partial charge in [-0.15, -0.1) is 0 Å². The van der Waals surface area contributed by atoms with Crippen LogP contribution in [-0.2, 0) is 6.54 Å². The zero-order chi connectivity index (χ0) is 10.6. The first-order valence-corrected chi connectivity index (χ1v) is 4.84. The number of nitrogens with zero attached hydrogens (tertiary/aromatic N) is 1. The quantitative estimate of drug-likeness (QED) is 0.565. The molecule has 0 aliphatic carbocycles. The standard InChI is InChI=1S/C12H18N2/c1-12(2,3)11(13)14-9-10-7-5-4-6-8-10/h4-8H,9H2,1-3H3,(H2,13,14). The molecule has 0 aromatic heterocycles. The average molecular weight is 190 g/mol. The normalized spacial score (nSPS) is 12.9. The lowest BCUT2D eigenvalue weighted by atomic mass is 9.95. The molecule has 0 saturated heterocycles. The van der Waals surface area contributed by atoms with E-state index in [2.05, 4.69) is 37.9 Å². The van der Waals surface area contributed by atoms with Crippen molar-refractivity contribution < 1.29 is 0 Å². The van der Waals surface area contributed by atoms with Crippen LogP contribution in [0, 0.1) is 5.41 Å². The molecular formula is C12H18N2. The summed E-state index contributed by atoms with van der Waals surface area (Å²) < 4.78 is 0. The predicted molar refractivity (Wildman–Crippen MR) is 61.2 cm³/mol. The van der Waals surface area contributed by atoms with Crippen LogP contribution in [0.2, 0.25) is 0 Å². The molecule has 0 aliphatic rings. The van der Waals surface area contributed by atoms with Gasteiger partial charge in [-0.3, -0.25) is 4.99 Å². The van der Waals surface area contributed by atoms with E-state index in [-0.39, 0.29) is 5.41 Å². The lowest BCUT2D eigenvalue weighted by Gasteiger charge is -2.17. The van der Waals surface area contributed by atoms with E-state index in [1.807, 2.05) is 18.2 Å². The SMILES string of the molecule is CC(C)(C)C(N)=NCc1ccccc1. The maximum absolute atomic E-state index is 5.85. The van der Waals surface area contributed by atoms with Gasteiger partial charge in [0.15, 0.2) is 0 Å². The monoisotopic (exact) mass is 190 g/mol. The Labute approximate surface area is 85.9 Å². The molecule has 0 unspecified atom stereocenters. The number of amidine groups is 1. The Morgan fingerprint density at radius 1 is 1.21 bits per heavy atom. The third-order valence-corrected chi connectivity index (χ3v) is 2.04. The number of rotatable bonds is 2. The molecule has 76 valence electrons. The summed E-state index contributed by atoms with van der Waals surface area (Å²) in [4.78, 5) is 4.36. The summed E-state index contributed by atoms with van der Waals surface area (Å²) in [7, 11) is 0.